The average Bonchev–Trinajstić information content (AvgIpc) is 3.00. The van der Waals surface area contributed by atoms with Crippen molar-refractivity contribution in [2.75, 3.05) is 0 Å². The van der Waals surface area contributed by atoms with Crippen molar-refractivity contribution in [1.29, 1.82) is 0 Å². The molecule has 49 heavy (non-hydrogen) atoms. The van der Waals surface area contributed by atoms with Crippen LogP contribution < -0.4 is 0 Å². The second-order valence-electron chi connectivity index (χ2n) is 14.6. The third-order valence-corrected chi connectivity index (χ3v) is 9.02. The molecule has 0 aromatic rings. The van der Waals surface area contributed by atoms with Gasteiger partial charge >= 0.3 is 5.97 Å². The molecule has 0 heterocycles. The fraction of sp³-hybridized carbons (Fsp3) is 0.432. The lowest BCUT2D eigenvalue weighted by atomic mass is 9.71. The van der Waals surface area contributed by atoms with Gasteiger partial charge < -0.3 is 9.84 Å². The first-order valence-corrected chi connectivity index (χ1v) is 17.4. The molecule has 5 heteroatoms. The van der Waals surface area contributed by atoms with Crippen molar-refractivity contribution in [3.05, 3.63) is 130 Å². The highest BCUT2D eigenvalue weighted by atomic mass is 16.5. The van der Waals surface area contributed by atoms with Crippen LogP contribution in [0.15, 0.2) is 130 Å². The molecule has 0 saturated heterocycles. The van der Waals surface area contributed by atoms with E-state index < -0.39 is 12.2 Å². The standard InChI is InChI=1S/C44H58O5/c1-12-17-40(46)49-39-29-44(10,11)37(35(7)42(39)48)27-25-33(5)23-16-21-31(3)19-14-13-18-30(2)20-15-22-32(4)24-26-36-34(6)41(47)38(45)28-43(36,8)9/h13-16,18-27,38-39,45H,12,17,28-29H2,1-11H3. The van der Waals surface area contributed by atoms with Gasteiger partial charge in [0.25, 0.3) is 0 Å². The van der Waals surface area contributed by atoms with Gasteiger partial charge in [-0.2, -0.15) is 0 Å². The second kappa shape index (κ2) is 18.6. The first-order chi connectivity index (χ1) is 22.9. The maximum Gasteiger partial charge on any atom is 0.306 e. The van der Waals surface area contributed by atoms with Crippen LogP contribution in [0, 0.1) is 10.8 Å². The van der Waals surface area contributed by atoms with E-state index in [1.165, 1.54) is 0 Å². The Bertz CT molecular complexity index is 1600. The van der Waals surface area contributed by atoms with Gasteiger partial charge in [0.15, 0.2) is 17.7 Å². The van der Waals surface area contributed by atoms with Crippen LogP contribution in [0.25, 0.3) is 0 Å². The van der Waals surface area contributed by atoms with Gasteiger partial charge in [0.05, 0.1) is 0 Å². The summed E-state index contributed by atoms with van der Waals surface area (Å²) in [6, 6.07) is 0. The number of hydrogen-bond donors (Lipinski definition) is 1. The number of allylic oxidation sites excluding steroid dienone is 20. The zero-order valence-corrected chi connectivity index (χ0v) is 31.6. The SMILES string of the molecule is CCCC(=O)OC1CC(C)(C)C(C=CC(C)=CC=CC(C)=CC=CC=C(C)C=CC=C(C)C=CC2=C(C)C(=O)C(O)CC2(C)C)=C(C)C1=O. The van der Waals surface area contributed by atoms with Crippen LogP contribution in [-0.2, 0) is 19.1 Å². The first-order valence-electron chi connectivity index (χ1n) is 17.4. The molecule has 1 N–H and O–H groups in total. The molecular formula is C44H58O5. The van der Waals surface area contributed by atoms with Gasteiger partial charge in [0.2, 0.25) is 0 Å². The smallest absolute Gasteiger partial charge is 0.306 e. The van der Waals surface area contributed by atoms with Crippen molar-refractivity contribution >= 4 is 17.5 Å². The molecule has 2 aliphatic carbocycles. The molecule has 0 amide bonds. The molecule has 264 valence electrons. The van der Waals surface area contributed by atoms with Gasteiger partial charge in [-0.1, -0.05) is 142 Å². The van der Waals surface area contributed by atoms with E-state index in [2.05, 4.69) is 65.8 Å². The number of aliphatic hydroxyl groups is 1. The number of carbonyl (C=O) groups is 3. The number of ketones is 2. The summed E-state index contributed by atoms with van der Waals surface area (Å²) in [6.07, 6.45) is 28.8. The third-order valence-electron chi connectivity index (χ3n) is 9.02. The van der Waals surface area contributed by atoms with Crippen LogP contribution in [0.1, 0.15) is 102 Å². The fourth-order valence-electron chi connectivity index (χ4n) is 6.11. The summed E-state index contributed by atoms with van der Waals surface area (Å²) < 4.78 is 5.50. The molecule has 2 unspecified atom stereocenters. The number of esters is 1. The van der Waals surface area contributed by atoms with Gasteiger partial charge in [0.1, 0.15) is 6.10 Å². The van der Waals surface area contributed by atoms with Gasteiger partial charge in [0, 0.05) is 12.8 Å². The molecule has 0 aromatic carbocycles. The molecule has 0 bridgehead atoms. The number of Topliss-reactive ketones (excluding diaryl/α,β-unsaturated/α-hetero) is 2. The zero-order valence-electron chi connectivity index (χ0n) is 31.6. The average molecular weight is 667 g/mol. The van der Waals surface area contributed by atoms with Crippen molar-refractivity contribution in [3.8, 4) is 0 Å². The highest BCUT2D eigenvalue weighted by Crippen LogP contribution is 2.41. The van der Waals surface area contributed by atoms with E-state index in [4.69, 9.17) is 4.74 Å². The molecule has 5 nitrogen and oxygen atoms in total. The predicted molar refractivity (Wildman–Crippen MR) is 204 cm³/mol. The van der Waals surface area contributed by atoms with Gasteiger partial charge in [-0.3, -0.25) is 14.4 Å². The summed E-state index contributed by atoms with van der Waals surface area (Å²) in [5.41, 5.74) is 7.07. The van der Waals surface area contributed by atoms with Crippen LogP contribution in [0.3, 0.4) is 0 Å². The van der Waals surface area contributed by atoms with E-state index in [1.807, 2.05) is 88.5 Å². The Balaban J connectivity index is 1.97. The summed E-state index contributed by atoms with van der Waals surface area (Å²) in [4.78, 5) is 37.2. The van der Waals surface area contributed by atoms with Crippen molar-refractivity contribution in [2.45, 2.75) is 114 Å². The van der Waals surface area contributed by atoms with Crippen LogP contribution in [-0.4, -0.2) is 34.9 Å². The summed E-state index contributed by atoms with van der Waals surface area (Å²) in [5.74, 6) is -0.595. The maximum atomic E-state index is 12.9. The van der Waals surface area contributed by atoms with Crippen molar-refractivity contribution in [2.24, 2.45) is 10.8 Å². The number of carbonyl (C=O) groups excluding carboxylic acids is 3. The Morgan fingerprint density at radius 3 is 1.57 bits per heavy atom. The topological polar surface area (TPSA) is 80.7 Å². The van der Waals surface area contributed by atoms with Gasteiger partial charge in [-0.15, -0.1) is 0 Å². The molecule has 0 radical (unpaired) electrons. The van der Waals surface area contributed by atoms with E-state index >= 15 is 0 Å². The largest absolute Gasteiger partial charge is 0.454 e. The molecule has 2 rings (SSSR count). The molecular weight excluding hydrogens is 608 g/mol. The first kappa shape index (κ1) is 41.1. The van der Waals surface area contributed by atoms with Crippen LogP contribution >= 0.6 is 0 Å². The fourth-order valence-corrected chi connectivity index (χ4v) is 6.11. The molecule has 0 spiro atoms. The lowest BCUT2D eigenvalue weighted by Gasteiger charge is -2.36. The molecule has 0 aliphatic heterocycles. The molecule has 2 aliphatic rings. The van der Waals surface area contributed by atoms with Crippen LogP contribution in [0.4, 0.5) is 0 Å². The minimum absolute atomic E-state index is 0.106. The highest BCUT2D eigenvalue weighted by Gasteiger charge is 2.40. The normalized spacial score (nSPS) is 23.1. The number of hydrogen-bond acceptors (Lipinski definition) is 5. The molecule has 2 atom stereocenters. The van der Waals surface area contributed by atoms with E-state index in [9.17, 15) is 19.5 Å². The highest BCUT2D eigenvalue weighted by molar-refractivity contribution is 6.02. The van der Waals surface area contributed by atoms with E-state index in [-0.39, 0.29) is 28.4 Å². The summed E-state index contributed by atoms with van der Waals surface area (Å²) >= 11 is 0. The van der Waals surface area contributed by atoms with Crippen molar-refractivity contribution in [3.63, 3.8) is 0 Å². The molecule has 0 saturated carbocycles. The maximum absolute atomic E-state index is 12.9. The minimum atomic E-state index is -0.911. The monoisotopic (exact) mass is 666 g/mol. The van der Waals surface area contributed by atoms with E-state index in [0.29, 0.717) is 36.8 Å². The quantitative estimate of drug-likeness (QED) is 0.156. The van der Waals surface area contributed by atoms with Gasteiger partial charge in [-0.25, -0.2) is 0 Å². The number of ether oxygens (including phenoxy) is 1. The Hall–Kier alpha value is -4.09. The van der Waals surface area contributed by atoms with Crippen LogP contribution in [0.5, 0.6) is 0 Å². The zero-order chi connectivity index (χ0) is 36.9. The lowest BCUT2D eigenvalue weighted by molar-refractivity contribution is -0.156. The van der Waals surface area contributed by atoms with Crippen molar-refractivity contribution in [1.82, 2.24) is 0 Å². The van der Waals surface area contributed by atoms with Gasteiger partial charge in [-0.05, 0) is 87.5 Å². The molecule has 0 fully saturated rings. The van der Waals surface area contributed by atoms with Crippen molar-refractivity contribution < 1.29 is 24.2 Å². The Morgan fingerprint density at radius 2 is 1.10 bits per heavy atom. The predicted octanol–water partition coefficient (Wildman–Crippen LogP) is 10.3. The Labute approximate surface area is 295 Å². The second-order valence-corrected chi connectivity index (χ2v) is 14.6. The third kappa shape index (κ3) is 12.7. The molecule has 0 aromatic heterocycles. The number of rotatable bonds is 13. The Morgan fingerprint density at radius 1 is 0.694 bits per heavy atom. The number of aliphatic hydroxyl groups excluding tert-OH is 1. The summed E-state index contributed by atoms with van der Waals surface area (Å²) in [7, 11) is 0. The summed E-state index contributed by atoms with van der Waals surface area (Å²) in [6.45, 7) is 22.0. The minimum Gasteiger partial charge on any atom is -0.454 e. The van der Waals surface area contributed by atoms with E-state index in [0.717, 1.165) is 33.4 Å². The Kier molecular flexibility index (Phi) is 15.6. The van der Waals surface area contributed by atoms with Crippen LogP contribution in [0.2, 0.25) is 0 Å². The lowest BCUT2D eigenvalue weighted by Crippen LogP contribution is -2.38. The van der Waals surface area contributed by atoms with E-state index in [1.54, 1.807) is 6.92 Å². The summed E-state index contributed by atoms with van der Waals surface area (Å²) in [5, 5.41) is 10.0.